The van der Waals surface area contributed by atoms with E-state index in [1.165, 1.54) is 0 Å². The Morgan fingerprint density at radius 1 is 1.50 bits per heavy atom. The van der Waals surface area contributed by atoms with E-state index in [0.29, 0.717) is 18.5 Å². The lowest BCUT2D eigenvalue weighted by atomic mass is 10.1. The molecule has 0 aliphatic carbocycles. The maximum atomic E-state index is 11.5. The SMILES string of the molecule is COc1ccc(C#N)cc1CN(C)C1CCS(=O)(=O)C1. The monoisotopic (exact) mass is 294 g/mol. The third-order valence-corrected chi connectivity index (χ3v) is 5.41. The second kappa shape index (κ2) is 5.81. The average Bonchev–Trinajstić information content (AvgIpc) is 2.79. The molecule has 0 saturated carbocycles. The Labute approximate surface area is 119 Å². The highest BCUT2D eigenvalue weighted by Crippen LogP contribution is 2.24. The van der Waals surface area contributed by atoms with Gasteiger partial charge in [0.15, 0.2) is 9.84 Å². The summed E-state index contributed by atoms with van der Waals surface area (Å²) in [5.74, 6) is 1.19. The molecule has 0 bridgehead atoms. The van der Waals surface area contributed by atoms with Crippen molar-refractivity contribution >= 4 is 9.84 Å². The molecule has 1 aliphatic heterocycles. The van der Waals surface area contributed by atoms with Gasteiger partial charge in [-0.2, -0.15) is 5.26 Å². The van der Waals surface area contributed by atoms with Gasteiger partial charge in [0, 0.05) is 18.2 Å². The number of hydrogen-bond acceptors (Lipinski definition) is 5. The molecule has 0 N–H and O–H groups in total. The van der Waals surface area contributed by atoms with Gasteiger partial charge < -0.3 is 4.74 Å². The Morgan fingerprint density at radius 2 is 2.25 bits per heavy atom. The molecule has 1 aromatic rings. The largest absolute Gasteiger partial charge is 0.496 e. The Hall–Kier alpha value is -1.58. The summed E-state index contributed by atoms with van der Waals surface area (Å²) in [6.07, 6.45) is 0.666. The molecule has 1 aliphatic rings. The number of ether oxygens (including phenoxy) is 1. The smallest absolute Gasteiger partial charge is 0.151 e. The number of hydrogen-bond donors (Lipinski definition) is 0. The standard InChI is InChI=1S/C14H18N2O3S/c1-16(13-5-6-20(17,18)10-13)9-12-7-11(8-15)3-4-14(12)19-2/h3-4,7,13H,5-6,9-10H2,1-2H3. The molecule has 2 rings (SSSR count). The zero-order valence-corrected chi connectivity index (χ0v) is 12.5. The molecule has 108 valence electrons. The van der Waals surface area contributed by atoms with Crippen LogP contribution in [0.3, 0.4) is 0 Å². The molecule has 1 heterocycles. The van der Waals surface area contributed by atoms with Gasteiger partial charge in [-0.25, -0.2) is 8.42 Å². The van der Waals surface area contributed by atoms with Crippen LogP contribution in [0.5, 0.6) is 5.75 Å². The van der Waals surface area contributed by atoms with E-state index >= 15 is 0 Å². The van der Waals surface area contributed by atoms with Gasteiger partial charge in [-0.05, 0) is 31.7 Å². The van der Waals surface area contributed by atoms with Crippen molar-refractivity contribution in [2.45, 2.75) is 19.0 Å². The summed E-state index contributed by atoms with van der Waals surface area (Å²) in [6.45, 7) is 0.568. The fourth-order valence-corrected chi connectivity index (χ4v) is 4.30. The first-order valence-electron chi connectivity index (χ1n) is 6.43. The normalized spacial score (nSPS) is 20.8. The highest BCUT2D eigenvalue weighted by Gasteiger charge is 2.30. The molecule has 20 heavy (non-hydrogen) atoms. The Kier molecular flexibility index (Phi) is 4.31. The molecule has 5 nitrogen and oxygen atoms in total. The van der Waals surface area contributed by atoms with Crippen molar-refractivity contribution in [2.24, 2.45) is 0 Å². The van der Waals surface area contributed by atoms with Crippen LogP contribution in [0.1, 0.15) is 17.5 Å². The maximum Gasteiger partial charge on any atom is 0.151 e. The quantitative estimate of drug-likeness (QED) is 0.834. The first kappa shape index (κ1) is 14.8. The van der Waals surface area contributed by atoms with Crippen molar-refractivity contribution in [3.8, 4) is 11.8 Å². The zero-order valence-electron chi connectivity index (χ0n) is 11.7. The van der Waals surface area contributed by atoms with Crippen molar-refractivity contribution in [3.63, 3.8) is 0 Å². The van der Waals surface area contributed by atoms with E-state index in [-0.39, 0.29) is 17.5 Å². The number of sulfone groups is 1. The molecule has 6 heteroatoms. The molecule has 0 aromatic heterocycles. The van der Waals surface area contributed by atoms with Gasteiger partial charge in [-0.3, -0.25) is 4.90 Å². The first-order valence-corrected chi connectivity index (χ1v) is 8.25. The van der Waals surface area contributed by atoms with E-state index in [1.54, 1.807) is 25.3 Å². The third kappa shape index (κ3) is 3.30. The fraction of sp³-hybridized carbons (Fsp3) is 0.500. The summed E-state index contributed by atoms with van der Waals surface area (Å²) >= 11 is 0. The number of rotatable bonds is 4. The molecular weight excluding hydrogens is 276 g/mol. The van der Waals surface area contributed by atoms with E-state index in [9.17, 15) is 8.42 Å². The lowest BCUT2D eigenvalue weighted by molar-refractivity contribution is 0.250. The van der Waals surface area contributed by atoms with E-state index in [4.69, 9.17) is 10.00 Å². The molecule has 1 fully saturated rings. The van der Waals surface area contributed by atoms with Crippen LogP contribution in [0.15, 0.2) is 18.2 Å². The Morgan fingerprint density at radius 3 is 2.80 bits per heavy atom. The molecule has 0 spiro atoms. The summed E-state index contributed by atoms with van der Waals surface area (Å²) in [5, 5.41) is 8.96. The molecule has 0 radical (unpaired) electrons. The summed E-state index contributed by atoms with van der Waals surface area (Å²) < 4.78 is 28.3. The van der Waals surface area contributed by atoms with Crippen LogP contribution in [0.4, 0.5) is 0 Å². The minimum absolute atomic E-state index is 0.0375. The van der Waals surface area contributed by atoms with Crippen molar-refractivity contribution in [2.75, 3.05) is 25.7 Å². The topological polar surface area (TPSA) is 70.4 Å². The van der Waals surface area contributed by atoms with Crippen LogP contribution < -0.4 is 4.74 Å². The minimum Gasteiger partial charge on any atom is -0.496 e. The first-order chi connectivity index (χ1) is 9.45. The van der Waals surface area contributed by atoms with Gasteiger partial charge in [0.05, 0.1) is 30.2 Å². The highest BCUT2D eigenvalue weighted by molar-refractivity contribution is 7.91. The van der Waals surface area contributed by atoms with Crippen molar-refractivity contribution < 1.29 is 13.2 Å². The molecule has 0 amide bonds. The second-order valence-corrected chi connectivity index (χ2v) is 7.34. The Bertz CT molecular complexity index is 634. The lowest BCUT2D eigenvalue weighted by Gasteiger charge is -2.24. The lowest BCUT2D eigenvalue weighted by Crippen LogP contribution is -2.32. The summed E-state index contributed by atoms with van der Waals surface area (Å²) in [6, 6.07) is 7.41. The van der Waals surface area contributed by atoms with Gasteiger partial charge in [0.2, 0.25) is 0 Å². The molecule has 1 aromatic carbocycles. The zero-order chi connectivity index (χ0) is 14.8. The number of methoxy groups -OCH3 is 1. The predicted molar refractivity (Wildman–Crippen MR) is 76.2 cm³/mol. The van der Waals surface area contributed by atoms with Crippen molar-refractivity contribution in [3.05, 3.63) is 29.3 Å². The molecular formula is C14H18N2O3S. The van der Waals surface area contributed by atoms with Crippen LogP contribution in [0.2, 0.25) is 0 Å². The van der Waals surface area contributed by atoms with Gasteiger partial charge >= 0.3 is 0 Å². The van der Waals surface area contributed by atoms with Gasteiger partial charge in [0.1, 0.15) is 5.75 Å². The summed E-state index contributed by atoms with van der Waals surface area (Å²) in [5.41, 5.74) is 1.48. The van der Waals surface area contributed by atoms with Crippen LogP contribution in [-0.2, 0) is 16.4 Å². The molecule has 1 saturated heterocycles. The fourth-order valence-electron chi connectivity index (χ4n) is 2.49. The van der Waals surface area contributed by atoms with Gasteiger partial charge in [0.25, 0.3) is 0 Å². The number of benzene rings is 1. The van der Waals surface area contributed by atoms with E-state index in [0.717, 1.165) is 11.3 Å². The van der Waals surface area contributed by atoms with Crippen LogP contribution in [0.25, 0.3) is 0 Å². The average molecular weight is 294 g/mol. The van der Waals surface area contributed by atoms with Crippen LogP contribution >= 0.6 is 0 Å². The van der Waals surface area contributed by atoms with E-state index in [1.807, 2.05) is 11.9 Å². The van der Waals surface area contributed by atoms with Gasteiger partial charge in [-0.1, -0.05) is 0 Å². The minimum atomic E-state index is -2.89. The number of nitrogens with zero attached hydrogens (tertiary/aromatic N) is 2. The van der Waals surface area contributed by atoms with E-state index in [2.05, 4.69) is 6.07 Å². The summed E-state index contributed by atoms with van der Waals surface area (Å²) in [4.78, 5) is 2.02. The highest BCUT2D eigenvalue weighted by atomic mass is 32.2. The molecule has 1 atom stereocenters. The Balaban J connectivity index is 2.15. The van der Waals surface area contributed by atoms with Crippen molar-refractivity contribution in [1.82, 2.24) is 4.90 Å². The second-order valence-electron chi connectivity index (χ2n) is 5.11. The predicted octanol–water partition coefficient (Wildman–Crippen LogP) is 1.19. The summed E-state index contributed by atoms with van der Waals surface area (Å²) in [7, 11) is 0.608. The van der Waals surface area contributed by atoms with E-state index < -0.39 is 9.84 Å². The van der Waals surface area contributed by atoms with Gasteiger partial charge in [-0.15, -0.1) is 0 Å². The maximum absolute atomic E-state index is 11.5. The van der Waals surface area contributed by atoms with Crippen LogP contribution in [0, 0.1) is 11.3 Å². The van der Waals surface area contributed by atoms with Crippen molar-refractivity contribution in [1.29, 1.82) is 5.26 Å². The van der Waals surface area contributed by atoms with Crippen LogP contribution in [-0.4, -0.2) is 45.0 Å². The molecule has 1 unspecified atom stereocenters. The third-order valence-electron chi connectivity index (χ3n) is 3.66. The number of nitriles is 1.